The maximum Gasteiger partial charge on any atom is 0.202 e. The van der Waals surface area contributed by atoms with Gasteiger partial charge in [0.15, 0.2) is 32.5 Å². The van der Waals surface area contributed by atoms with Gasteiger partial charge in [-0.3, -0.25) is 0 Å². The Morgan fingerprint density at radius 1 is 1.26 bits per heavy atom. The monoisotopic (exact) mass is 317 g/mol. The van der Waals surface area contributed by atoms with Crippen molar-refractivity contribution in [3.8, 4) is 5.95 Å². The topological polar surface area (TPSA) is 62.2 Å². The molecule has 0 aliphatic heterocycles. The molecule has 0 unspecified atom stereocenters. The molecule has 0 aliphatic rings. The summed E-state index contributed by atoms with van der Waals surface area (Å²) in [5.41, 5.74) is 0. The Hall–Kier alpha value is -0.449. The van der Waals surface area contributed by atoms with Crippen LogP contribution in [-0.4, -0.2) is 30.7 Å². The molecule has 1 heterocycles. The average molecular weight is 318 g/mol. The van der Waals surface area contributed by atoms with Crippen molar-refractivity contribution in [3.63, 3.8) is 0 Å². The molecule has 0 atom stereocenters. The Morgan fingerprint density at radius 3 is 2.26 bits per heavy atom. The average Bonchev–Trinajstić information content (AvgIpc) is 2.55. The molecular weight excluding hydrogens is 292 g/mol. The number of hydrogen-bond donors (Lipinski definition) is 0. The molecule has 0 aliphatic carbocycles. The van der Waals surface area contributed by atoms with E-state index in [1.807, 2.05) is 0 Å². The van der Waals surface area contributed by atoms with E-state index in [0.29, 0.717) is 0 Å². The van der Waals surface area contributed by atoms with E-state index in [9.17, 15) is 5.11 Å². The zero-order valence-electron chi connectivity index (χ0n) is 13.0. The third-order valence-electron chi connectivity index (χ3n) is 3.24. The molecule has 1 aromatic heterocycles. The van der Waals surface area contributed by atoms with Crippen molar-refractivity contribution in [1.82, 2.24) is 5.27 Å². The molecule has 0 spiro atoms. The second-order valence-electron chi connectivity index (χ2n) is 6.49. The van der Waals surface area contributed by atoms with Crippen LogP contribution in [0.2, 0.25) is 51.4 Å². The predicted octanol–water partition coefficient (Wildman–Crippen LogP) is 0.961. The standard InChI is InChI=1S/C11H25N2O3Si3/c1-13-10(11(14)15-12-13)18(4,5)8-9-19(6,7)16-17(2)3/h8-9H2,1-7H3. The lowest BCUT2D eigenvalue weighted by Crippen LogP contribution is -2.60. The van der Waals surface area contributed by atoms with Crippen LogP contribution in [-0.2, 0) is 11.2 Å². The van der Waals surface area contributed by atoms with E-state index < -0.39 is 25.4 Å². The molecule has 5 nitrogen and oxygen atoms in total. The number of hydrogen-bond acceptors (Lipinski definition) is 4. The first-order valence-corrected chi connectivity index (χ1v) is 15.3. The highest BCUT2D eigenvalue weighted by atomic mass is 28.4. The van der Waals surface area contributed by atoms with E-state index in [1.165, 1.54) is 0 Å². The summed E-state index contributed by atoms with van der Waals surface area (Å²) in [7, 11) is -2.29. The highest BCUT2D eigenvalue weighted by Gasteiger charge is 2.38. The molecule has 8 heteroatoms. The Labute approximate surface area is 119 Å². The summed E-state index contributed by atoms with van der Waals surface area (Å²) in [4.78, 5) is 0. The van der Waals surface area contributed by atoms with E-state index in [-0.39, 0.29) is 5.95 Å². The van der Waals surface area contributed by atoms with Gasteiger partial charge in [-0.15, -0.1) is 0 Å². The van der Waals surface area contributed by atoms with Crippen molar-refractivity contribution in [1.29, 1.82) is 0 Å². The van der Waals surface area contributed by atoms with Gasteiger partial charge < -0.3 is 13.7 Å². The molecule has 109 valence electrons. The van der Waals surface area contributed by atoms with Crippen LogP contribution >= 0.6 is 0 Å². The summed E-state index contributed by atoms with van der Waals surface area (Å²) in [5.74, 6) is -0.268. The summed E-state index contributed by atoms with van der Waals surface area (Å²) in [6.07, 6.45) is 0. The summed E-state index contributed by atoms with van der Waals surface area (Å²) in [5, 5.41) is 16.3. The molecule has 1 aromatic rings. The first-order chi connectivity index (χ1) is 8.55. The van der Waals surface area contributed by atoms with Crippen molar-refractivity contribution >= 4 is 30.7 Å². The Bertz CT molecular complexity index is 413. The normalized spacial score (nSPS) is 13.3. The zero-order chi connectivity index (χ0) is 14.8. The molecule has 1 rings (SSSR count). The SMILES string of the molecule is C[n+]1noc([O-])c1[Si](C)(C)CC[Si](C)(C)O[Si](C)C. The zero-order valence-corrected chi connectivity index (χ0v) is 16.0. The molecule has 0 fully saturated rings. The van der Waals surface area contributed by atoms with Crippen molar-refractivity contribution in [2.45, 2.75) is 51.4 Å². The third-order valence-corrected chi connectivity index (χ3v) is 12.3. The highest BCUT2D eigenvalue weighted by molar-refractivity contribution is 6.90. The van der Waals surface area contributed by atoms with E-state index >= 15 is 0 Å². The fraction of sp³-hybridized carbons (Fsp3) is 0.818. The Kier molecular flexibility index (Phi) is 5.15. The molecule has 0 aromatic carbocycles. The van der Waals surface area contributed by atoms with Gasteiger partial charge >= 0.3 is 0 Å². The van der Waals surface area contributed by atoms with Crippen molar-refractivity contribution in [2.24, 2.45) is 7.05 Å². The van der Waals surface area contributed by atoms with E-state index in [2.05, 4.69) is 44.6 Å². The molecule has 0 amide bonds. The van der Waals surface area contributed by atoms with Crippen LogP contribution < -0.4 is 15.1 Å². The van der Waals surface area contributed by atoms with Gasteiger partial charge in [0.2, 0.25) is 5.32 Å². The fourth-order valence-corrected chi connectivity index (χ4v) is 13.9. The number of aromatic nitrogens is 2. The lowest BCUT2D eigenvalue weighted by Gasteiger charge is -2.28. The molecule has 19 heavy (non-hydrogen) atoms. The first-order valence-electron chi connectivity index (χ1n) is 6.58. The van der Waals surface area contributed by atoms with Crippen molar-refractivity contribution in [2.75, 3.05) is 0 Å². The largest absolute Gasteiger partial charge is 0.539 e. The minimum Gasteiger partial charge on any atom is -0.539 e. The summed E-state index contributed by atoms with van der Waals surface area (Å²) in [6.45, 7) is 13.3. The summed E-state index contributed by atoms with van der Waals surface area (Å²) in [6, 6.07) is 2.14. The van der Waals surface area contributed by atoms with Crippen LogP contribution in [0.25, 0.3) is 0 Å². The molecule has 0 saturated heterocycles. The summed E-state index contributed by atoms with van der Waals surface area (Å²) >= 11 is 0. The number of rotatable bonds is 6. The Morgan fingerprint density at radius 2 is 1.84 bits per heavy atom. The minimum absolute atomic E-state index is 0.268. The van der Waals surface area contributed by atoms with E-state index in [1.54, 1.807) is 11.7 Å². The molecular formula is C11H25N2O3Si3. The van der Waals surface area contributed by atoms with Gasteiger partial charge in [-0.25, -0.2) is 0 Å². The lowest BCUT2D eigenvalue weighted by molar-refractivity contribution is -0.725. The molecule has 1 radical (unpaired) electrons. The van der Waals surface area contributed by atoms with Crippen molar-refractivity contribution < 1.29 is 18.4 Å². The second-order valence-corrected chi connectivity index (χ2v) is 17.9. The van der Waals surface area contributed by atoms with Crippen LogP contribution in [0, 0.1) is 0 Å². The molecule has 0 N–H and O–H groups in total. The van der Waals surface area contributed by atoms with Gasteiger partial charge in [0, 0.05) is 0 Å². The minimum atomic E-state index is -1.82. The number of aryl methyl sites for hydroxylation is 1. The van der Waals surface area contributed by atoms with Crippen LogP contribution in [0.15, 0.2) is 4.52 Å². The summed E-state index contributed by atoms with van der Waals surface area (Å²) < 4.78 is 12.5. The van der Waals surface area contributed by atoms with Crippen LogP contribution in [0.3, 0.4) is 0 Å². The lowest BCUT2D eigenvalue weighted by atomic mass is 10.8. The van der Waals surface area contributed by atoms with Gasteiger partial charge in [0.25, 0.3) is 0 Å². The Balaban J connectivity index is 2.76. The van der Waals surface area contributed by atoms with Gasteiger partial charge in [-0.1, -0.05) is 17.8 Å². The predicted molar refractivity (Wildman–Crippen MR) is 79.9 cm³/mol. The van der Waals surface area contributed by atoms with Crippen molar-refractivity contribution in [3.05, 3.63) is 0 Å². The smallest absolute Gasteiger partial charge is 0.202 e. The molecule has 0 saturated carbocycles. The maximum atomic E-state index is 11.8. The van der Waals surface area contributed by atoms with Crippen LogP contribution in [0.1, 0.15) is 0 Å². The second kappa shape index (κ2) is 5.90. The number of nitrogens with zero attached hydrogens (tertiary/aromatic N) is 2. The fourth-order valence-electron chi connectivity index (χ4n) is 2.36. The van der Waals surface area contributed by atoms with E-state index in [4.69, 9.17) is 8.64 Å². The van der Waals surface area contributed by atoms with E-state index in [0.717, 1.165) is 17.4 Å². The van der Waals surface area contributed by atoms with Crippen LogP contribution in [0.4, 0.5) is 0 Å². The maximum absolute atomic E-state index is 11.8. The first kappa shape index (κ1) is 16.6. The highest BCUT2D eigenvalue weighted by Crippen LogP contribution is 2.22. The molecule has 0 bridgehead atoms. The quantitative estimate of drug-likeness (QED) is 0.579. The van der Waals surface area contributed by atoms with Crippen LogP contribution in [0.5, 0.6) is 5.95 Å². The third kappa shape index (κ3) is 4.55. The van der Waals surface area contributed by atoms with Gasteiger partial charge in [-0.05, 0) is 38.3 Å². The van der Waals surface area contributed by atoms with Gasteiger partial charge in [0.05, 0.1) is 5.27 Å². The van der Waals surface area contributed by atoms with Gasteiger partial charge in [-0.2, -0.15) is 0 Å². The van der Waals surface area contributed by atoms with Gasteiger partial charge in [0.1, 0.15) is 5.95 Å².